The molecule has 0 aliphatic heterocycles. The van der Waals surface area contributed by atoms with Crippen molar-refractivity contribution in [3.8, 4) is 0 Å². The van der Waals surface area contributed by atoms with E-state index in [0.29, 0.717) is 19.4 Å². The van der Waals surface area contributed by atoms with Crippen LogP contribution < -0.4 is 5.32 Å². The fraction of sp³-hybridized carbons (Fsp3) is 0.692. The Morgan fingerprint density at radius 1 is 1.50 bits per heavy atom. The Morgan fingerprint density at radius 2 is 2.17 bits per heavy atom. The van der Waals surface area contributed by atoms with Crippen molar-refractivity contribution < 1.29 is 14.7 Å². The predicted octanol–water partition coefficient (Wildman–Crippen LogP) is 1.85. The number of carboxylic acid groups (broad SMARTS) is 1. The van der Waals surface area contributed by atoms with E-state index in [9.17, 15) is 9.59 Å². The third kappa shape index (κ3) is 3.75. The van der Waals surface area contributed by atoms with Gasteiger partial charge in [0.2, 0.25) is 0 Å². The fourth-order valence-electron chi connectivity index (χ4n) is 2.26. The van der Waals surface area contributed by atoms with E-state index in [4.69, 9.17) is 5.11 Å². The highest BCUT2D eigenvalue weighted by molar-refractivity contribution is 5.75. The minimum absolute atomic E-state index is 0.0235. The molecule has 5 nitrogen and oxygen atoms in total. The van der Waals surface area contributed by atoms with Crippen LogP contribution in [0.4, 0.5) is 4.79 Å². The van der Waals surface area contributed by atoms with Crippen LogP contribution in [0.25, 0.3) is 0 Å². The maximum Gasteiger partial charge on any atom is 0.318 e. The highest BCUT2D eigenvalue weighted by Crippen LogP contribution is 2.25. The van der Waals surface area contributed by atoms with Crippen molar-refractivity contribution in [3.63, 3.8) is 0 Å². The Morgan fingerprint density at radius 3 is 2.61 bits per heavy atom. The smallest absolute Gasteiger partial charge is 0.318 e. The lowest BCUT2D eigenvalue weighted by molar-refractivity contribution is -0.141. The molecule has 0 spiro atoms. The van der Waals surface area contributed by atoms with Gasteiger partial charge in [-0.1, -0.05) is 6.08 Å². The van der Waals surface area contributed by atoms with Gasteiger partial charge >= 0.3 is 12.0 Å². The molecule has 1 saturated carbocycles. The lowest BCUT2D eigenvalue weighted by Crippen LogP contribution is -2.47. The number of amides is 2. The summed E-state index contributed by atoms with van der Waals surface area (Å²) in [6.45, 7) is 8.02. The van der Waals surface area contributed by atoms with Gasteiger partial charge in [-0.15, -0.1) is 6.58 Å². The zero-order valence-corrected chi connectivity index (χ0v) is 11.1. The Labute approximate surface area is 108 Å². The Bertz CT molecular complexity index is 328. The maximum absolute atomic E-state index is 12.0. The topological polar surface area (TPSA) is 69.6 Å². The first kappa shape index (κ1) is 14.5. The number of carbonyl (C=O) groups is 2. The van der Waals surface area contributed by atoms with Crippen LogP contribution in [0.5, 0.6) is 0 Å². The summed E-state index contributed by atoms with van der Waals surface area (Å²) < 4.78 is 0. The zero-order chi connectivity index (χ0) is 13.7. The molecule has 1 fully saturated rings. The number of carboxylic acids is 1. The Kier molecular flexibility index (Phi) is 5.19. The zero-order valence-electron chi connectivity index (χ0n) is 11.1. The van der Waals surface area contributed by atoms with E-state index >= 15 is 0 Å². The van der Waals surface area contributed by atoms with Crippen molar-refractivity contribution >= 4 is 12.0 Å². The first-order chi connectivity index (χ1) is 8.45. The quantitative estimate of drug-likeness (QED) is 0.735. The molecule has 5 heteroatoms. The second-order valence-corrected chi connectivity index (χ2v) is 5.03. The summed E-state index contributed by atoms with van der Waals surface area (Å²) in [5.74, 6) is -1.08. The number of rotatable bonds is 5. The molecule has 2 amide bonds. The van der Waals surface area contributed by atoms with Crippen molar-refractivity contribution in [2.45, 2.75) is 45.2 Å². The van der Waals surface area contributed by atoms with E-state index in [0.717, 1.165) is 6.42 Å². The summed E-state index contributed by atoms with van der Waals surface area (Å²) in [6, 6.07) is -0.0646. The standard InChI is InChI=1S/C13H22N2O3/c1-4-7-15(9(2)3)13(18)14-11-6-5-10(8-11)12(16)17/h4,9-11H,1,5-8H2,2-3H3,(H,14,18)(H,16,17). The molecular formula is C13H22N2O3. The first-order valence-electron chi connectivity index (χ1n) is 6.36. The van der Waals surface area contributed by atoms with Crippen LogP contribution in [0, 0.1) is 5.92 Å². The van der Waals surface area contributed by atoms with E-state index in [1.807, 2.05) is 13.8 Å². The average Bonchev–Trinajstić information content (AvgIpc) is 2.73. The summed E-state index contributed by atoms with van der Waals surface area (Å²) in [7, 11) is 0. The molecule has 18 heavy (non-hydrogen) atoms. The fourth-order valence-corrected chi connectivity index (χ4v) is 2.26. The van der Waals surface area contributed by atoms with Gasteiger partial charge in [0.25, 0.3) is 0 Å². The van der Waals surface area contributed by atoms with Crippen LogP contribution in [0.15, 0.2) is 12.7 Å². The third-order valence-electron chi connectivity index (χ3n) is 3.32. The summed E-state index contributed by atoms with van der Waals surface area (Å²) >= 11 is 0. The molecule has 102 valence electrons. The molecule has 0 bridgehead atoms. The lowest BCUT2D eigenvalue weighted by atomic mass is 10.1. The Hall–Kier alpha value is -1.52. The summed E-state index contributed by atoms with van der Waals surface area (Å²) in [4.78, 5) is 24.5. The van der Waals surface area contributed by atoms with Crippen LogP contribution >= 0.6 is 0 Å². The molecule has 0 heterocycles. The van der Waals surface area contributed by atoms with Crippen molar-refractivity contribution in [3.05, 3.63) is 12.7 Å². The number of hydrogen-bond acceptors (Lipinski definition) is 2. The maximum atomic E-state index is 12.0. The molecule has 2 N–H and O–H groups in total. The number of hydrogen-bond donors (Lipinski definition) is 2. The molecule has 1 rings (SSSR count). The highest BCUT2D eigenvalue weighted by Gasteiger charge is 2.31. The molecule has 0 aromatic heterocycles. The van der Waals surface area contributed by atoms with Gasteiger partial charge in [-0.3, -0.25) is 4.79 Å². The monoisotopic (exact) mass is 254 g/mol. The average molecular weight is 254 g/mol. The van der Waals surface area contributed by atoms with Crippen LogP contribution in [-0.2, 0) is 4.79 Å². The summed E-state index contributed by atoms with van der Waals surface area (Å²) in [5, 5.41) is 11.8. The normalized spacial score (nSPS) is 22.8. The van der Waals surface area contributed by atoms with Gasteiger partial charge in [0.05, 0.1) is 5.92 Å². The molecule has 2 atom stereocenters. The lowest BCUT2D eigenvalue weighted by Gasteiger charge is -2.27. The van der Waals surface area contributed by atoms with E-state index < -0.39 is 5.97 Å². The molecule has 0 aromatic rings. The van der Waals surface area contributed by atoms with Gasteiger partial charge in [0.1, 0.15) is 0 Å². The van der Waals surface area contributed by atoms with Gasteiger partial charge in [0, 0.05) is 18.6 Å². The van der Waals surface area contributed by atoms with Crippen LogP contribution in [0.1, 0.15) is 33.1 Å². The number of nitrogens with one attached hydrogen (secondary N) is 1. The third-order valence-corrected chi connectivity index (χ3v) is 3.32. The van der Waals surface area contributed by atoms with E-state index in [-0.39, 0.29) is 24.0 Å². The van der Waals surface area contributed by atoms with Gasteiger partial charge in [0.15, 0.2) is 0 Å². The second kappa shape index (κ2) is 6.42. The largest absolute Gasteiger partial charge is 0.481 e. The van der Waals surface area contributed by atoms with Crippen LogP contribution in [0.2, 0.25) is 0 Å². The van der Waals surface area contributed by atoms with Gasteiger partial charge in [-0.2, -0.15) is 0 Å². The molecular weight excluding hydrogens is 232 g/mol. The van der Waals surface area contributed by atoms with Gasteiger partial charge in [-0.05, 0) is 33.1 Å². The van der Waals surface area contributed by atoms with Gasteiger partial charge in [-0.25, -0.2) is 4.79 Å². The highest BCUT2D eigenvalue weighted by atomic mass is 16.4. The van der Waals surface area contributed by atoms with Crippen molar-refractivity contribution in [1.29, 1.82) is 0 Å². The second-order valence-electron chi connectivity index (χ2n) is 5.03. The number of carbonyl (C=O) groups excluding carboxylic acids is 1. The van der Waals surface area contributed by atoms with Crippen LogP contribution in [0.3, 0.4) is 0 Å². The molecule has 0 aromatic carbocycles. The molecule has 2 unspecified atom stereocenters. The van der Waals surface area contributed by atoms with E-state index in [1.54, 1.807) is 11.0 Å². The predicted molar refractivity (Wildman–Crippen MR) is 69.3 cm³/mol. The minimum Gasteiger partial charge on any atom is -0.481 e. The van der Waals surface area contributed by atoms with E-state index in [1.165, 1.54) is 0 Å². The molecule has 1 aliphatic carbocycles. The SMILES string of the molecule is C=CCN(C(=O)NC1CCC(C(=O)O)C1)C(C)C. The summed E-state index contributed by atoms with van der Waals surface area (Å²) in [5.41, 5.74) is 0. The summed E-state index contributed by atoms with van der Waals surface area (Å²) in [6.07, 6.45) is 3.60. The van der Waals surface area contributed by atoms with Gasteiger partial charge < -0.3 is 15.3 Å². The molecule has 0 saturated heterocycles. The van der Waals surface area contributed by atoms with Crippen molar-refractivity contribution in [2.24, 2.45) is 5.92 Å². The number of nitrogens with zero attached hydrogens (tertiary/aromatic N) is 1. The molecule has 1 aliphatic rings. The molecule has 0 radical (unpaired) electrons. The van der Waals surface area contributed by atoms with Crippen LogP contribution in [-0.4, -0.2) is 40.6 Å². The number of urea groups is 1. The van der Waals surface area contributed by atoms with E-state index in [2.05, 4.69) is 11.9 Å². The first-order valence-corrected chi connectivity index (χ1v) is 6.36. The minimum atomic E-state index is -0.765. The number of aliphatic carboxylic acids is 1. The van der Waals surface area contributed by atoms with Crippen molar-refractivity contribution in [2.75, 3.05) is 6.54 Å². The Balaban J connectivity index is 2.49. The van der Waals surface area contributed by atoms with Crippen molar-refractivity contribution in [1.82, 2.24) is 10.2 Å².